The highest BCUT2D eigenvalue weighted by atomic mass is 19.1. The molecule has 2 nitrogen and oxygen atoms in total. The van der Waals surface area contributed by atoms with Gasteiger partial charge in [-0.25, -0.2) is 4.39 Å². The van der Waals surface area contributed by atoms with Crippen molar-refractivity contribution in [2.75, 3.05) is 19.8 Å². The van der Waals surface area contributed by atoms with Crippen LogP contribution in [-0.2, 0) is 4.74 Å². The summed E-state index contributed by atoms with van der Waals surface area (Å²) in [5.41, 5.74) is -0.0188. The summed E-state index contributed by atoms with van der Waals surface area (Å²) < 4.78 is 18.2. The molecular weight excluding hydrogens is 169 g/mol. The first-order chi connectivity index (χ1) is 5.95. The van der Waals surface area contributed by atoms with E-state index in [-0.39, 0.29) is 12.1 Å². The molecule has 1 N–H and O–H groups in total. The molecule has 0 aliphatic heterocycles. The molecule has 0 spiro atoms. The number of halogens is 1. The summed E-state index contributed by atoms with van der Waals surface area (Å²) in [5.74, 6) is 0. The summed E-state index contributed by atoms with van der Waals surface area (Å²) in [7, 11) is 0. The predicted octanol–water partition coefficient (Wildman–Crippen LogP) is 2.14. The number of rotatable bonds is 6. The summed E-state index contributed by atoms with van der Waals surface area (Å²) in [4.78, 5) is 0. The van der Waals surface area contributed by atoms with Crippen molar-refractivity contribution in [2.24, 2.45) is 0 Å². The molecule has 0 heterocycles. The molecule has 0 aliphatic carbocycles. The lowest BCUT2D eigenvalue weighted by Crippen LogP contribution is -2.40. The molecule has 0 aromatic heterocycles. The summed E-state index contributed by atoms with van der Waals surface area (Å²) in [6, 6.07) is 0. The van der Waals surface area contributed by atoms with Crippen LogP contribution in [0.5, 0.6) is 0 Å². The van der Waals surface area contributed by atoms with E-state index in [4.69, 9.17) is 4.74 Å². The zero-order valence-corrected chi connectivity index (χ0v) is 9.19. The second-order valence-electron chi connectivity index (χ2n) is 4.30. The summed E-state index contributed by atoms with van der Waals surface area (Å²) >= 11 is 0. The van der Waals surface area contributed by atoms with Gasteiger partial charge >= 0.3 is 0 Å². The minimum absolute atomic E-state index is 0.0188. The van der Waals surface area contributed by atoms with Crippen LogP contribution in [0.2, 0.25) is 0 Å². The number of alkyl halides is 1. The predicted molar refractivity (Wildman–Crippen MR) is 53.8 cm³/mol. The second kappa shape index (κ2) is 6.33. The van der Waals surface area contributed by atoms with Crippen LogP contribution in [-0.4, -0.2) is 31.5 Å². The largest absolute Gasteiger partial charge is 0.378 e. The first kappa shape index (κ1) is 12.8. The normalized spacial score (nSPS) is 14.5. The lowest BCUT2D eigenvalue weighted by Gasteiger charge is -2.21. The van der Waals surface area contributed by atoms with E-state index in [2.05, 4.69) is 5.32 Å². The van der Waals surface area contributed by atoms with Crippen LogP contribution in [0.25, 0.3) is 0 Å². The van der Waals surface area contributed by atoms with Crippen LogP contribution in [0.3, 0.4) is 0 Å². The Bertz CT molecular complexity index is 123. The van der Waals surface area contributed by atoms with E-state index >= 15 is 0 Å². The molecule has 0 fully saturated rings. The molecule has 0 saturated heterocycles. The molecule has 0 saturated carbocycles. The highest BCUT2D eigenvalue weighted by Gasteiger charge is 2.12. The van der Waals surface area contributed by atoms with Crippen molar-refractivity contribution in [3.8, 4) is 0 Å². The maximum absolute atomic E-state index is 13.1. The third kappa shape index (κ3) is 9.77. The van der Waals surface area contributed by atoms with E-state index in [0.29, 0.717) is 13.2 Å². The van der Waals surface area contributed by atoms with Gasteiger partial charge in [-0.1, -0.05) is 6.92 Å². The van der Waals surface area contributed by atoms with E-state index in [0.717, 1.165) is 6.42 Å². The van der Waals surface area contributed by atoms with Crippen molar-refractivity contribution in [3.63, 3.8) is 0 Å². The molecule has 1 atom stereocenters. The minimum atomic E-state index is -0.897. The number of nitrogens with one attached hydrogen (secondary N) is 1. The van der Waals surface area contributed by atoms with Crippen LogP contribution in [0.4, 0.5) is 4.39 Å². The van der Waals surface area contributed by atoms with Crippen molar-refractivity contribution < 1.29 is 9.13 Å². The Kier molecular flexibility index (Phi) is 6.25. The van der Waals surface area contributed by atoms with Gasteiger partial charge in [0.25, 0.3) is 0 Å². The standard InChI is InChI=1S/C10H22FNO/c1-5-6-13-8-9(11)7-12-10(2,3)4/h9,12H,5-8H2,1-4H3. The average molecular weight is 191 g/mol. The van der Waals surface area contributed by atoms with Gasteiger partial charge in [0, 0.05) is 18.7 Å². The van der Waals surface area contributed by atoms with Gasteiger partial charge < -0.3 is 10.1 Å². The summed E-state index contributed by atoms with van der Waals surface area (Å²) in [6.45, 7) is 9.30. The van der Waals surface area contributed by atoms with Crippen molar-refractivity contribution >= 4 is 0 Å². The van der Waals surface area contributed by atoms with E-state index < -0.39 is 6.17 Å². The van der Waals surface area contributed by atoms with E-state index in [1.165, 1.54) is 0 Å². The van der Waals surface area contributed by atoms with Crippen LogP contribution in [0, 0.1) is 0 Å². The Morgan fingerprint density at radius 3 is 2.46 bits per heavy atom. The quantitative estimate of drug-likeness (QED) is 0.649. The fourth-order valence-corrected chi connectivity index (χ4v) is 0.831. The fourth-order valence-electron chi connectivity index (χ4n) is 0.831. The van der Waals surface area contributed by atoms with Crippen molar-refractivity contribution in [3.05, 3.63) is 0 Å². The number of ether oxygens (including phenoxy) is 1. The van der Waals surface area contributed by atoms with Gasteiger partial charge in [0.1, 0.15) is 6.17 Å². The van der Waals surface area contributed by atoms with Gasteiger partial charge in [-0.3, -0.25) is 0 Å². The first-order valence-corrected chi connectivity index (χ1v) is 4.92. The maximum Gasteiger partial charge on any atom is 0.136 e. The Hall–Kier alpha value is -0.150. The van der Waals surface area contributed by atoms with Crippen molar-refractivity contribution in [1.82, 2.24) is 5.32 Å². The van der Waals surface area contributed by atoms with Crippen molar-refractivity contribution in [1.29, 1.82) is 0 Å². The Balaban J connectivity index is 3.35. The number of hydrogen-bond donors (Lipinski definition) is 1. The molecule has 13 heavy (non-hydrogen) atoms. The minimum Gasteiger partial charge on any atom is -0.378 e. The zero-order valence-electron chi connectivity index (χ0n) is 9.19. The SMILES string of the molecule is CCCOCC(F)CNC(C)(C)C. The topological polar surface area (TPSA) is 21.3 Å². The maximum atomic E-state index is 13.1. The van der Waals surface area contributed by atoms with E-state index in [9.17, 15) is 4.39 Å². The number of hydrogen-bond acceptors (Lipinski definition) is 2. The van der Waals surface area contributed by atoms with Gasteiger partial charge in [-0.2, -0.15) is 0 Å². The van der Waals surface area contributed by atoms with Crippen LogP contribution in [0.1, 0.15) is 34.1 Å². The second-order valence-corrected chi connectivity index (χ2v) is 4.30. The molecular formula is C10H22FNO. The molecule has 80 valence electrons. The monoisotopic (exact) mass is 191 g/mol. The van der Waals surface area contributed by atoms with Crippen LogP contribution in [0.15, 0.2) is 0 Å². The highest BCUT2D eigenvalue weighted by Crippen LogP contribution is 2.00. The summed E-state index contributed by atoms with van der Waals surface area (Å²) in [5, 5.41) is 3.09. The fraction of sp³-hybridized carbons (Fsp3) is 1.00. The third-order valence-corrected chi connectivity index (χ3v) is 1.50. The molecule has 0 aromatic rings. The molecule has 3 heteroatoms. The van der Waals surface area contributed by atoms with Gasteiger partial charge in [-0.05, 0) is 27.2 Å². The smallest absolute Gasteiger partial charge is 0.136 e. The van der Waals surface area contributed by atoms with Crippen molar-refractivity contribution in [2.45, 2.75) is 45.8 Å². The van der Waals surface area contributed by atoms with Gasteiger partial charge in [0.2, 0.25) is 0 Å². The average Bonchev–Trinajstić information content (AvgIpc) is 2.00. The first-order valence-electron chi connectivity index (χ1n) is 4.92. The van der Waals surface area contributed by atoms with Crippen LogP contribution >= 0.6 is 0 Å². The molecule has 0 aromatic carbocycles. The Morgan fingerprint density at radius 1 is 1.38 bits per heavy atom. The molecule has 0 radical (unpaired) electrons. The lowest BCUT2D eigenvalue weighted by molar-refractivity contribution is 0.0781. The van der Waals surface area contributed by atoms with Crippen LogP contribution < -0.4 is 5.32 Å². The van der Waals surface area contributed by atoms with Gasteiger partial charge in [0.05, 0.1) is 6.61 Å². The molecule has 0 aliphatic rings. The molecule has 0 rings (SSSR count). The highest BCUT2D eigenvalue weighted by molar-refractivity contribution is 4.72. The molecule has 0 amide bonds. The summed E-state index contributed by atoms with van der Waals surface area (Å²) in [6.07, 6.45) is 0.0464. The molecule has 0 bridgehead atoms. The Morgan fingerprint density at radius 2 is 2.00 bits per heavy atom. The lowest BCUT2D eigenvalue weighted by atomic mass is 10.1. The zero-order chi connectivity index (χ0) is 10.3. The van der Waals surface area contributed by atoms with E-state index in [1.54, 1.807) is 0 Å². The Labute approximate surface area is 80.9 Å². The van der Waals surface area contributed by atoms with Gasteiger partial charge in [0.15, 0.2) is 0 Å². The van der Waals surface area contributed by atoms with E-state index in [1.807, 2.05) is 27.7 Å². The van der Waals surface area contributed by atoms with Gasteiger partial charge in [-0.15, -0.1) is 0 Å². The third-order valence-electron chi connectivity index (χ3n) is 1.50. The molecule has 1 unspecified atom stereocenters.